The Balaban J connectivity index is 2.15. The molecule has 0 fully saturated rings. The van der Waals surface area contributed by atoms with E-state index in [1.165, 1.54) is 18.4 Å². The van der Waals surface area contributed by atoms with Gasteiger partial charge in [-0.25, -0.2) is 0 Å². The number of esters is 1. The van der Waals surface area contributed by atoms with E-state index in [-0.39, 0.29) is 18.3 Å². The van der Waals surface area contributed by atoms with Crippen molar-refractivity contribution < 1.29 is 14.3 Å². The number of ether oxygens (including phenoxy) is 1. The van der Waals surface area contributed by atoms with Crippen molar-refractivity contribution in [1.82, 2.24) is 5.32 Å². The van der Waals surface area contributed by atoms with Gasteiger partial charge in [0.15, 0.2) is 0 Å². The van der Waals surface area contributed by atoms with Gasteiger partial charge in [-0.3, -0.25) is 9.59 Å². The van der Waals surface area contributed by atoms with Gasteiger partial charge in [0.2, 0.25) is 0 Å². The molecule has 1 atom stereocenters. The summed E-state index contributed by atoms with van der Waals surface area (Å²) >= 11 is 7.36. The van der Waals surface area contributed by atoms with Gasteiger partial charge in [0, 0.05) is 15.5 Å². The third-order valence-corrected chi connectivity index (χ3v) is 4.10. The van der Waals surface area contributed by atoms with Crippen LogP contribution in [0.5, 0.6) is 0 Å². The highest BCUT2D eigenvalue weighted by Crippen LogP contribution is 2.23. The van der Waals surface area contributed by atoms with Crippen molar-refractivity contribution in [2.24, 2.45) is 0 Å². The van der Waals surface area contributed by atoms with Gasteiger partial charge in [-0.2, -0.15) is 0 Å². The average molecular weight is 324 g/mol. The SMILES string of the molecule is COC(=O)CC(NC(=O)c1cccc(Cl)c1)c1cccs1. The summed E-state index contributed by atoms with van der Waals surface area (Å²) in [6.07, 6.45) is 0.0866. The predicted molar refractivity (Wildman–Crippen MR) is 82.6 cm³/mol. The maximum atomic E-state index is 12.3. The first-order chi connectivity index (χ1) is 10.1. The minimum absolute atomic E-state index is 0.0866. The Morgan fingerprint density at radius 3 is 2.76 bits per heavy atom. The van der Waals surface area contributed by atoms with E-state index >= 15 is 0 Å². The van der Waals surface area contributed by atoms with E-state index in [4.69, 9.17) is 11.6 Å². The Morgan fingerprint density at radius 2 is 2.14 bits per heavy atom. The zero-order valence-electron chi connectivity index (χ0n) is 11.3. The Morgan fingerprint density at radius 1 is 1.33 bits per heavy atom. The van der Waals surface area contributed by atoms with Crippen LogP contribution in [0.1, 0.15) is 27.7 Å². The van der Waals surface area contributed by atoms with Crippen LogP contribution in [0.4, 0.5) is 0 Å². The second-order valence-electron chi connectivity index (χ2n) is 4.33. The molecule has 0 saturated carbocycles. The molecular formula is C15H14ClNO3S. The van der Waals surface area contributed by atoms with Gasteiger partial charge in [-0.15, -0.1) is 11.3 Å². The van der Waals surface area contributed by atoms with Gasteiger partial charge in [0.05, 0.1) is 19.6 Å². The van der Waals surface area contributed by atoms with Gasteiger partial charge in [0.25, 0.3) is 5.91 Å². The van der Waals surface area contributed by atoms with Crippen molar-refractivity contribution in [2.75, 3.05) is 7.11 Å². The Hall–Kier alpha value is -1.85. The smallest absolute Gasteiger partial charge is 0.307 e. The molecule has 0 saturated heterocycles. The summed E-state index contributed by atoms with van der Waals surface area (Å²) in [5, 5.41) is 5.22. The first kappa shape index (κ1) is 15.5. The van der Waals surface area contributed by atoms with Crippen LogP contribution in [0, 0.1) is 0 Å². The highest BCUT2D eigenvalue weighted by molar-refractivity contribution is 7.10. The normalized spacial score (nSPS) is 11.7. The lowest BCUT2D eigenvalue weighted by atomic mass is 10.1. The van der Waals surface area contributed by atoms with E-state index in [0.717, 1.165) is 4.88 Å². The van der Waals surface area contributed by atoms with Crippen molar-refractivity contribution >= 4 is 34.8 Å². The lowest BCUT2D eigenvalue weighted by molar-refractivity contribution is -0.141. The molecule has 1 unspecified atom stereocenters. The molecule has 0 aliphatic heterocycles. The molecule has 1 aromatic carbocycles. The van der Waals surface area contributed by atoms with E-state index in [0.29, 0.717) is 10.6 Å². The minimum atomic E-state index is -0.413. The van der Waals surface area contributed by atoms with E-state index < -0.39 is 6.04 Å². The second kappa shape index (κ2) is 7.24. The number of hydrogen-bond acceptors (Lipinski definition) is 4. The Kier molecular flexibility index (Phi) is 5.36. The molecule has 1 amide bonds. The molecule has 1 heterocycles. The zero-order valence-corrected chi connectivity index (χ0v) is 12.9. The number of carbonyl (C=O) groups is 2. The fourth-order valence-electron chi connectivity index (χ4n) is 1.83. The summed E-state index contributed by atoms with van der Waals surface area (Å²) in [6.45, 7) is 0. The van der Waals surface area contributed by atoms with Crippen molar-refractivity contribution in [2.45, 2.75) is 12.5 Å². The van der Waals surface area contributed by atoms with Crippen LogP contribution in [0.2, 0.25) is 5.02 Å². The van der Waals surface area contributed by atoms with E-state index in [2.05, 4.69) is 10.1 Å². The number of benzene rings is 1. The summed E-state index contributed by atoms with van der Waals surface area (Å²) in [5.41, 5.74) is 0.453. The summed E-state index contributed by atoms with van der Waals surface area (Å²) in [5.74, 6) is -0.653. The number of thiophene rings is 1. The molecular weight excluding hydrogens is 310 g/mol. The van der Waals surface area contributed by atoms with Crippen molar-refractivity contribution in [3.05, 3.63) is 57.2 Å². The molecule has 4 nitrogen and oxygen atoms in total. The molecule has 0 spiro atoms. The summed E-state index contributed by atoms with van der Waals surface area (Å²) in [6, 6.07) is 9.99. The topological polar surface area (TPSA) is 55.4 Å². The predicted octanol–water partition coefficient (Wildman–Crippen LogP) is 3.44. The highest BCUT2D eigenvalue weighted by atomic mass is 35.5. The maximum Gasteiger partial charge on any atom is 0.307 e. The molecule has 0 aliphatic rings. The third-order valence-electron chi connectivity index (χ3n) is 2.88. The lowest BCUT2D eigenvalue weighted by Gasteiger charge is -2.16. The van der Waals surface area contributed by atoms with Crippen LogP contribution in [0.3, 0.4) is 0 Å². The van der Waals surface area contributed by atoms with Crippen LogP contribution in [0.15, 0.2) is 41.8 Å². The highest BCUT2D eigenvalue weighted by Gasteiger charge is 2.20. The number of methoxy groups -OCH3 is 1. The molecule has 1 N–H and O–H groups in total. The zero-order chi connectivity index (χ0) is 15.2. The van der Waals surface area contributed by atoms with Gasteiger partial charge >= 0.3 is 5.97 Å². The van der Waals surface area contributed by atoms with Gasteiger partial charge in [0.1, 0.15) is 0 Å². The number of amides is 1. The molecule has 21 heavy (non-hydrogen) atoms. The average Bonchev–Trinajstić information content (AvgIpc) is 3.00. The third kappa shape index (κ3) is 4.31. The number of carbonyl (C=O) groups excluding carboxylic acids is 2. The number of nitrogens with one attached hydrogen (secondary N) is 1. The fraction of sp³-hybridized carbons (Fsp3) is 0.200. The fourth-order valence-corrected chi connectivity index (χ4v) is 2.80. The van der Waals surface area contributed by atoms with Gasteiger partial charge < -0.3 is 10.1 Å². The minimum Gasteiger partial charge on any atom is -0.469 e. The van der Waals surface area contributed by atoms with Crippen LogP contribution < -0.4 is 5.32 Å². The molecule has 2 rings (SSSR count). The molecule has 2 aromatic rings. The van der Waals surface area contributed by atoms with Crippen LogP contribution in [-0.4, -0.2) is 19.0 Å². The molecule has 0 aliphatic carbocycles. The number of rotatable bonds is 5. The summed E-state index contributed by atoms with van der Waals surface area (Å²) < 4.78 is 4.68. The largest absolute Gasteiger partial charge is 0.469 e. The number of hydrogen-bond donors (Lipinski definition) is 1. The van der Waals surface area contributed by atoms with Crippen LogP contribution >= 0.6 is 22.9 Å². The van der Waals surface area contributed by atoms with E-state index in [1.54, 1.807) is 24.3 Å². The molecule has 1 aromatic heterocycles. The van der Waals surface area contributed by atoms with Crippen LogP contribution in [-0.2, 0) is 9.53 Å². The number of halogens is 1. The van der Waals surface area contributed by atoms with Crippen molar-refractivity contribution in [1.29, 1.82) is 0 Å². The quantitative estimate of drug-likeness (QED) is 0.858. The molecule has 0 bridgehead atoms. The Labute approximate surface area is 131 Å². The molecule has 110 valence electrons. The van der Waals surface area contributed by atoms with Gasteiger partial charge in [-0.1, -0.05) is 23.7 Å². The Bertz CT molecular complexity index is 628. The van der Waals surface area contributed by atoms with Crippen molar-refractivity contribution in [3.8, 4) is 0 Å². The molecule has 0 radical (unpaired) electrons. The molecule has 6 heteroatoms. The first-order valence-corrected chi connectivity index (χ1v) is 7.52. The van der Waals surface area contributed by atoms with Gasteiger partial charge in [-0.05, 0) is 29.6 Å². The van der Waals surface area contributed by atoms with Crippen LogP contribution in [0.25, 0.3) is 0 Å². The maximum absolute atomic E-state index is 12.3. The van der Waals surface area contributed by atoms with Crippen molar-refractivity contribution in [3.63, 3.8) is 0 Å². The monoisotopic (exact) mass is 323 g/mol. The summed E-state index contributed by atoms with van der Waals surface area (Å²) in [7, 11) is 1.33. The van der Waals surface area contributed by atoms with E-state index in [9.17, 15) is 9.59 Å². The standard InChI is InChI=1S/C15H14ClNO3S/c1-20-14(18)9-12(13-6-3-7-21-13)17-15(19)10-4-2-5-11(16)8-10/h2-8,12H,9H2,1H3,(H,17,19). The first-order valence-electron chi connectivity index (χ1n) is 6.27. The van der Waals surface area contributed by atoms with E-state index in [1.807, 2.05) is 17.5 Å². The lowest BCUT2D eigenvalue weighted by Crippen LogP contribution is -2.30. The second-order valence-corrected chi connectivity index (χ2v) is 5.75. The summed E-state index contributed by atoms with van der Waals surface area (Å²) in [4.78, 5) is 24.7.